The van der Waals surface area contributed by atoms with Crippen LogP contribution in [-0.4, -0.2) is 15.0 Å². The molecule has 0 saturated carbocycles. The van der Waals surface area contributed by atoms with E-state index < -0.39 is 0 Å². The Balaban J connectivity index is 1.24. The molecular formula is C43H27N3O. The van der Waals surface area contributed by atoms with E-state index in [0.717, 1.165) is 55.3 Å². The highest BCUT2D eigenvalue weighted by molar-refractivity contribution is 6.15. The highest BCUT2D eigenvalue weighted by Crippen LogP contribution is 2.41. The molecule has 0 saturated heterocycles. The lowest BCUT2D eigenvalue weighted by Gasteiger charge is -2.11. The molecule has 0 fully saturated rings. The van der Waals surface area contributed by atoms with Crippen molar-refractivity contribution in [3.63, 3.8) is 0 Å². The zero-order valence-corrected chi connectivity index (χ0v) is 25.3. The number of para-hydroxylation sites is 1. The van der Waals surface area contributed by atoms with Crippen LogP contribution in [0.5, 0.6) is 0 Å². The van der Waals surface area contributed by atoms with Gasteiger partial charge >= 0.3 is 0 Å². The van der Waals surface area contributed by atoms with Crippen molar-refractivity contribution in [1.29, 1.82) is 0 Å². The molecule has 0 atom stereocenters. The van der Waals surface area contributed by atoms with Crippen LogP contribution in [0.15, 0.2) is 168 Å². The van der Waals surface area contributed by atoms with Crippen LogP contribution in [0.1, 0.15) is 0 Å². The van der Waals surface area contributed by atoms with Gasteiger partial charge in [-0.15, -0.1) is 0 Å². The lowest BCUT2D eigenvalue weighted by molar-refractivity contribution is 0.670. The highest BCUT2D eigenvalue weighted by atomic mass is 16.3. The minimum absolute atomic E-state index is 0.600. The van der Waals surface area contributed by atoms with Gasteiger partial charge in [0.1, 0.15) is 11.2 Å². The molecule has 47 heavy (non-hydrogen) atoms. The third-order valence-electron chi connectivity index (χ3n) is 8.76. The maximum atomic E-state index is 6.54. The fraction of sp³-hybridized carbons (Fsp3) is 0. The maximum Gasteiger partial charge on any atom is 0.164 e. The third-order valence-corrected chi connectivity index (χ3v) is 8.76. The summed E-state index contributed by atoms with van der Waals surface area (Å²) < 4.78 is 6.54. The van der Waals surface area contributed by atoms with Crippen LogP contribution >= 0.6 is 0 Å². The van der Waals surface area contributed by atoms with Crippen LogP contribution < -0.4 is 0 Å². The van der Waals surface area contributed by atoms with Crippen LogP contribution in [-0.2, 0) is 0 Å². The second-order valence-corrected chi connectivity index (χ2v) is 11.6. The predicted octanol–water partition coefficient (Wildman–Crippen LogP) is 11.3. The van der Waals surface area contributed by atoms with Crippen molar-refractivity contribution in [2.75, 3.05) is 0 Å². The second kappa shape index (κ2) is 11.2. The molecule has 9 aromatic rings. The van der Waals surface area contributed by atoms with Gasteiger partial charge in [-0.3, -0.25) is 0 Å². The Bertz CT molecular complexity index is 2550. The molecule has 2 aromatic heterocycles. The number of fused-ring (bicyclic) bond motifs is 4. The van der Waals surface area contributed by atoms with Gasteiger partial charge in [0.25, 0.3) is 0 Å². The molecule has 0 spiro atoms. The Hall–Kier alpha value is -6.39. The monoisotopic (exact) mass is 601 g/mol. The van der Waals surface area contributed by atoms with Gasteiger partial charge in [0.15, 0.2) is 17.5 Å². The third kappa shape index (κ3) is 4.75. The van der Waals surface area contributed by atoms with Gasteiger partial charge < -0.3 is 4.42 Å². The fourth-order valence-electron chi connectivity index (χ4n) is 6.48. The molecule has 4 heteroatoms. The summed E-state index contributed by atoms with van der Waals surface area (Å²) in [7, 11) is 0. The highest BCUT2D eigenvalue weighted by Gasteiger charge is 2.20. The topological polar surface area (TPSA) is 51.8 Å². The summed E-state index contributed by atoms with van der Waals surface area (Å²) in [5.74, 6) is 1.84. The average Bonchev–Trinajstić information content (AvgIpc) is 3.55. The van der Waals surface area contributed by atoms with E-state index in [4.69, 9.17) is 19.4 Å². The molecule has 0 aliphatic heterocycles. The first-order chi connectivity index (χ1) is 23.3. The summed E-state index contributed by atoms with van der Waals surface area (Å²) in [5, 5.41) is 4.47. The van der Waals surface area contributed by atoms with Crippen LogP contribution in [0.25, 0.3) is 89.1 Å². The normalized spacial score (nSPS) is 11.4. The van der Waals surface area contributed by atoms with Crippen molar-refractivity contribution in [2.45, 2.75) is 0 Å². The summed E-state index contributed by atoms with van der Waals surface area (Å²) in [6, 6.07) is 56.3. The van der Waals surface area contributed by atoms with Crippen molar-refractivity contribution in [1.82, 2.24) is 15.0 Å². The standard InChI is InChI=1S/C43H27N3O/c1-3-12-29(13-4-1)35-26-27-37(39-36-19-9-10-21-38(36)47-40(35)39)43-45-41(31-15-5-2-6-16-31)44-42(46-43)32-24-22-30(23-25-32)34-20-11-17-28-14-7-8-18-33(28)34/h1-27H. The molecule has 0 aliphatic rings. The lowest BCUT2D eigenvalue weighted by atomic mass is 9.97. The van der Waals surface area contributed by atoms with E-state index in [2.05, 4.69) is 97.1 Å². The Labute approximate surface area is 271 Å². The lowest BCUT2D eigenvalue weighted by Crippen LogP contribution is -2.00. The van der Waals surface area contributed by atoms with E-state index in [0.29, 0.717) is 17.5 Å². The van der Waals surface area contributed by atoms with Gasteiger partial charge in [-0.2, -0.15) is 0 Å². The zero-order valence-electron chi connectivity index (χ0n) is 25.3. The van der Waals surface area contributed by atoms with Gasteiger partial charge in [0.05, 0.1) is 0 Å². The Kier molecular flexibility index (Phi) is 6.43. The van der Waals surface area contributed by atoms with Crippen molar-refractivity contribution >= 4 is 32.7 Å². The maximum absolute atomic E-state index is 6.54. The van der Waals surface area contributed by atoms with Crippen LogP contribution in [0.2, 0.25) is 0 Å². The number of hydrogen-bond donors (Lipinski definition) is 0. The molecule has 220 valence electrons. The molecule has 0 aliphatic carbocycles. The van der Waals surface area contributed by atoms with E-state index >= 15 is 0 Å². The van der Waals surface area contributed by atoms with E-state index in [1.165, 1.54) is 16.3 Å². The fourth-order valence-corrected chi connectivity index (χ4v) is 6.48. The summed E-state index contributed by atoms with van der Waals surface area (Å²) in [4.78, 5) is 15.2. The van der Waals surface area contributed by atoms with Gasteiger partial charge in [0, 0.05) is 33.0 Å². The minimum Gasteiger partial charge on any atom is -0.455 e. The number of hydrogen-bond acceptors (Lipinski definition) is 4. The summed E-state index contributed by atoms with van der Waals surface area (Å²) in [6.45, 7) is 0. The molecule has 0 N–H and O–H groups in total. The van der Waals surface area contributed by atoms with Crippen molar-refractivity contribution in [2.24, 2.45) is 0 Å². The van der Waals surface area contributed by atoms with E-state index in [-0.39, 0.29) is 0 Å². The SMILES string of the molecule is c1ccc(-c2nc(-c3ccc(-c4cccc5ccccc45)cc3)nc(-c3ccc(-c4ccccc4)c4oc5ccccc5c34)n2)cc1. The Morgan fingerprint density at radius 2 is 0.872 bits per heavy atom. The van der Waals surface area contributed by atoms with E-state index in [1.54, 1.807) is 0 Å². The minimum atomic E-state index is 0.600. The average molecular weight is 602 g/mol. The number of aromatic nitrogens is 3. The zero-order chi connectivity index (χ0) is 31.2. The summed E-state index contributed by atoms with van der Waals surface area (Å²) in [5.41, 5.74) is 8.86. The predicted molar refractivity (Wildman–Crippen MR) is 192 cm³/mol. The van der Waals surface area contributed by atoms with E-state index in [9.17, 15) is 0 Å². The molecular weight excluding hydrogens is 574 g/mol. The molecule has 0 unspecified atom stereocenters. The van der Waals surface area contributed by atoms with Crippen molar-refractivity contribution < 1.29 is 4.42 Å². The molecule has 0 radical (unpaired) electrons. The van der Waals surface area contributed by atoms with Crippen molar-refractivity contribution in [3.8, 4) is 56.4 Å². The number of benzene rings is 7. The number of furan rings is 1. The molecule has 4 nitrogen and oxygen atoms in total. The van der Waals surface area contributed by atoms with Gasteiger partial charge in [-0.1, -0.05) is 146 Å². The van der Waals surface area contributed by atoms with Crippen molar-refractivity contribution in [3.05, 3.63) is 164 Å². The summed E-state index contributed by atoms with van der Waals surface area (Å²) in [6.07, 6.45) is 0. The van der Waals surface area contributed by atoms with Crippen LogP contribution in [0, 0.1) is 0 Å². The van der Waals surface area contributed by atoms with Crippen LogP contribution in [0.3, 0.4) is 0 Å². The molecule has 9 rings (SSSR count). The molecule has 2 heterocycles. The van der Waals surface area contributed by atoms with Gasteiger partial charge in [-0.25, -0.2) is 15.0 Å². The first-order valence-electron chi connectivity index (χ1n) is 15.7. The van der Waals surface area contributed by atoms with E-state index in [1.807, 2.05) is 66.7 Å². The van der Waals surface area contributed by atoms with Gasteiger partial charge in [0.2, 0.25) is 0 Å². The first-order valence-corrected chi connectivity index (χ1v) is 15.7. The second-order valence-electron chi connectivity index (χ2n) is 11.6. The number of nitrogens with zero attached hydrogens (tertiary/aromatic N) is 3. The Morgan fingerprint density at radius 3 is 1.64 bits per heavy atom. The first kappa shape index (κ1) is 27.0. The largest absolute Gasteiger partial charge is 0.455 e. The molecule has 7 aromatic carbocycles. The van der Waals surface area contributed by atoms with Gasteiger partial charge in [-0.05, 0) is 45.7 Å². The molecule has 0 bridgehead atoms. The quantitative estimate of drug-likeness (QED) is 0.197. The Morgan fingerprint density at radius 1 is 0.340 bits per heavy atom. The van der Waals surface area contributed by atoms with Crippen LogP contribution in [0.4, 0.5) is 0 Å². The number of rotatable bonds is 5. The smallest absolute Gasteiger partial charge is 0.164 e. The molecule has 0 amide bonds. The summed E-state index contributed by atoms with van der Waals surface area (Å²) >= 11 is 0.